The molecule has 0 saturated carbocycles. The topological polar surface area (TPSA) is 120 Å². The first-order valence-corrected chi connectivity index (χ1v) is 21.0. The summed E-state index contributed by atoms with van der Waals surface area (Å²) in [6, 6.07) is 54.9. The van der Waals surface area contributed by atoms with Gasteiger partial charge in [-0.15, -0.1) is 0 Å². The number of nitrogens with two attached hydrogens (primary N) is 1. The van der Waals surface area contributed by atoms with Crippen LogP contribution in [0.25, 0.3) is 24.3 Å². The number of aliphatic imine (C=N–C) groups is 1. The van der Waals surface area contributed by atoms with Crippen molar-refractivity contribution in [3.63, 3.8) is 0 Å². The summed E-state index contributed by atoms with van der Waals surface area (Å²) >= 11 is 0. The molecule has 8 heteroatoms. The summed E-state index contributed by atoms with van der Waals surface area (Å²) in [5.74, 6) is 1.76. The molecular weight excluding hydrogens is 781 g/mol. The smallest absolute Gasteiger partial charge is 0.169 e. The third-order valence-electron chi connectivity index (χ3n) is 10.5. The van der Waals surface area contributed by atoms with Gasteiger partial charge >= 0.3 is 0 Å². The molecule has 7 aromatic rings. The number of nitrogens with zero attached hydrogens (tertiary/aromatic N) is 2. The number of hydrogen-bond donors (Lipinski definition) is 2. The Balaban J connectivity index is 0.000000188. The van der Waals surface area contributed by atoms with E-state index in [1.165, 1.54) is 17.7 Å². The number of anilines is 1. The van der Waals surface area contributed by atoms with E-state index >= 15 is 0 Å². The van der Waals surface area contributed by atoms with Crippen LogP contribution in [0.15, 0.2) is 199 Å². The lowest BCUT2D eigenvalue weighted by atomic mass is 9.88. The summed E-state index contributed by atoms with van der Waals surface area (Å²) in [5.41, 5.74) is 15.5. The van der Waals surface area contributed by atoms with Crippen molar-refractivity contribution in [3.8, 4) is 11.5 Å². The Morgan fingerprint density at radius 3 is 1.86 bits per heavy atom. The number of ketones is 2. The van der Waals surface area contributed by atoms with Gasteiger partial charge in [0.15, 0.2) is 11.6 Å². The van der Waals surface area contributed by atoms with Crippen molar-refractivity contribution < 1.29 is 19.1 Å². The number of carbonyl (C=O) groups excluding carboxylic acids is 2. The van der Waals surface area contributed by atoms with Crippen LogP contribution in [-0.4, -0.2) is 27.5 Å². The monoisotopic (exact) mass is 826 g/mol. The van der Waals surface area contributed by atoms with Crippen molar-refractivity contribution >= 4 is 53.0 Å². The molecule has 0 aliphatic heterocycles. The van der Waals surface area contributed by atoms with Crippen LogP contribution in [0.5, 0.6) is 11.5 Å². The molecule has 0 radical (unpaired) electrons. The summed E-state index contributed by atoms with van der Waals surface area (Å²) in [4.78, 5) is 30.3. The first-order valence-electron chi connectivity index (χ1n) is 21.0. The fourth-order valence-electron chi connectivity index (χ4n) is 7.31. The fourth-order valence-corrected chi connectivity index (χ4v) is 7.31. The Labute approximate surface area is 367 Å². The lowest BCUT2D eigenvalue weighted by molar-refractivity contribution is -0.128. The molecule has 63 heavy (non-hydrogen) atoms. The number of aromatic nitrogens is 2. The summed E-state index contributed by atoms with van der Waals surface area (Å²) in [6.45, 7) is 0. The minimum absolute atomic E-state index is 0.181. The number of rotatable bonds is 12. The van der Waals surface area contributed by atoms with Crippen molar-refractivity contribution in [2.75, 3.05) is 5.73 Å². The number of benzene rings is 6. The van der Waals surface area contributed by atoms with Crippen molar-refractivity contribution in [1.29, 1.82) is 0 Å². The Morgan fingerprint density at radius 1 is 0.635 bits per heavy atom. The highest BCUT2D eigenvalue weighted by Gasteiger charge is 2.28. The van der Waals surface area contributed by atoms with Gasteiger partial charge in [-0.25, -0.2) is 4.99 Å². The number of allylic oxidation sites excluding steroid dienone is 4. The van der Waals surface area contributed by atoms with Crippen LogP contribution in [0.1, 0.15) is 58.5 Å². The lowest BCUT2D eigenvalue weighted by Gasteiger charge is -2.19. The Hall–Kier alpha value is -8.10. The standard InChI is InChI=1S/C34H27NO3.C21H19N3O/c36-32(22-19-25-11-4-1-5-12-25)31-21-20-30(24-33(31)37)38-29-18-10-17-28(23-29)35-34(26-13-6-2-7-14-26)27-15-8-3-9-16-27;22-16-7-4-8-17(13-16)25-18-10-11-19-20(23-24-21(19)14-18)12-9-15-5-2-1-3-6-15/h1-19,22-24,31H,20-21H2;1-9,12-14H,10-11,22H2,(H,23,24)/b22-19+;12-9+. The summed E-state index contributed by atoms with van der Waals surface area (Å²) < 4.78 is 12.0. The van der Waals surface area contributed by atoms with Crippen LogP contribution < -0.4 is 15.2 Å². The average Bonchev–Trinajstić information content (AvgIpc) is 3.73. The van der Waals surface area contributed by atoms with E-state index in [2.05, 4.69) is 34.5 Å². The zero-order valence-corrected chi connectivity index (χ0v) is 34.6. The van der Waals surface area contributed by atoms with E-state index in [-0.39, 0.29) is 11.6 Å². The largest absolute Gasteiger partial charge is 0.462 e. The van der Waals surface area contributed by atoms with E-state index in [4.69, 9.17) is 20.2 Å². The predicted octanol–water partition coefficient (Wildman–Crippen LogP) is 11.9. The van der Waals surface area contributed by atoms with Gasteiger partial charge in [0.2, 0.25) is 0 Å². The maximum absolute atomic E-state index is 12.7. The Kier molecular flexibility index (Phi) is 13.5. The van der Waals surface area contributed by atoms with Crippen molar-refractivity contribution in [2.24, 2.45) is 10.9 Å². The number of H-pyrrole nitrogens is 1. The molecule has 310 valence electrons. The predicted molar refractivity (Wildman–Crippen MR) is 253 cm³/mol. The zero-order valence-electron chi connectivity index (χ0n) is 34.6. The van der Waals surface area contributed by atoms with E-state index in [0.717, 1.165) is 69.4 Å². The van der Waals surface area contributed by atoms with Crippen LogP contribution in [0.3, 0.4) is 0 Å². The molecule has 2 aliphatic carbocycles. The molecule has 2 aliphatic rings. The van der Waals surface area contributed by atoms with Gasteiger partial charge in [-0.05, 0) is 60.4 Å². The molecule has 3 N–H and O–H groups in total. The molecule has 1 heterocycles. The third-order valence-corrected chi connectivity index (χ3v) is 10.5. The molecule has 8 nitrogen and oxygen atoms in total. The molecule has 1 atom stereocenters. The Bertz CT molecular complexity index is 2780. The van der Waals surface area contributed by atoms with Gasteiger partial charge < -0.3 is 15.2 Å². The van der Waals surface area contributed by atoms with Crippen LogP contribution in [-0.2, 0) is 16.0 Å². The minimum atomic E-state index is -0.669. The second-order valence-electron chi connectivity index (χ2n) is 15.1. The number of carbonyl (C=O) groups is 2. The van der Waals surface area contributed by atoms with E-state index < -0.39 is 5.92 Å². The second-order valence-corrected chi connectivity index (χ2v) is 15.1. The summed E-state index contributed by atoms with van der Waals surface area (Å²) in [5, 5.41) is 7.54. The average molecular weight is 827 g/mol. The molecule has 0 spiro atoms. The molecule has 0 fully saturated rings. The molecule has 0 bridgehead atoms. The van der Waals surface area contributed by atoms with Crippen LogP contribution in [0.2, 0.25) is 0 Å². The fraction of sp³-hybridized carbons (Fsp3) is 0.0909. The first-order chi connectivity index (χ1) is 30.9. The quantitative estimate of drug-likeness (QED) is 0.0548. The van der Waals surface area contributed by atoms with Gasteiger partial charge in [0.1, 0.15) is 23.0 Å². The number of nitrogens with one attached hydrogen (secondary N) is 1. The highest BCUT2D eigenvalue weighted by molar-refractivity contribution is 6.14. The number of nitrogen functional groups attached to an aromatic ring is 1. The maximum atomic E-state index is 12.7. The number of hydrogen-bond acceptors (Lipinski definition) is 7. The van der Waals surface area contributed by atoms with Gasteiger partial charge in [-0.1, -0.05) is 146 Å². The van der Waals surface area contributed by atoms with E-state index in [1.54, 1.807) is 6.08 Å². The molecule has 9 rings (SSSR count). The van der Waals surface area contributed by atoms with Gasteiger partial charge in [0.05, 0.1) is 28.7 Å². The maximum Gasteiger partial charge on any atom is 0.169 e. The number of aromatic amines is 1. The normalized spacial score (nSPS) is 14.5. The molecule has 0 amide bonds. The molecule has 1 unspecified atom stereocenters. The van der Waals surface area contributed by atoms with Crippen LogP contribution in [0, 0.1) is 5.92 Å². The van der Waals surface area contributed by atoms with Crippen molar-refractivity contribution in [3.05, 3.63) is 233 Å². The van der Waals surface area contributed by atoms with E-state index in [0.29, 0.717) is 30.0 Å². The molecular formula is C55H46N4O4. The summed E-state index contributed by atoms with van der Waals surface area (Å²) in [6.07, 6.45) is 13.5. The highest BCUT2D eigenvalue weighted by Crippen LogP contribution is 2.30. The molecule has 6 aromatic carbocycles. The zero-order chi connectivity index (χ0) is 43.2. The third kappa shape index (κ3) is 11.4. The number of ether oxygens (including phenoxy) is 2. The van der Waals surface area contributed by atoms with Crippen LogP contribution >= 0.6 is 0 Å². The number of fused-ring (bicyclic) bond motifs is 1. The Morgan fingerprint density at radius 2 is 1.22 bits per heavy atom. The van der Waals surface area contributed by atoms with E-state index in [1.807, 2.05) is 164 Å². The second kappa shape index (κ2) is 20.4. The summed E-state index contributed by atoms with van der Waals surface area (Å²) in [7, 11) is 0. The van der Waals surface area contributed by atoms with Crippen LogP contribution in [0.4, 0.5) is 11.4 Å². The van der Waals surface area contributed by atoms with Gasteiger partial charge in [-0.2, -0.15) is 5.10 Å². The highest BCUT2D eigenvalue weighted by atomic mass is 16.5. The van der Waals surface area contributed by atoms with Gasteiger partial charge in [0.25, 0.3) is 0 Å². The molecule has 0 saturated heterocycles. The van der Waals surface area contributed by atoms with Gasteiger partial charge in [-0.3, -0.25) is 14.7 Å². The van der Waals surface area contributed by atoms with Crippen molar-refractivity contribution in [1.82, 2.24) is 10.2 Å². The minimum Gasteiger partial charge on any atom is -0.462 e. The lowest BCUT2D eigenvalue weighted by Crippen LogP contribution is -2.25. The van der Waals surface area contributed by atoms with E-state index in [9.17, 15) is 9.59 Å². The SMILES string of the molecule is Nc1cccc(OC2=Cc3[nH]nc(/C=C/c4ccccc4)c3CC2)c1.O=C1C=C(Oc2cccc(N=C(c3ccccc3)c3ccccc3)c2)CCC1C(=O)/C=C/c1ccccc1. The molecule has 1 aromatic heterocycles. The van der Waals surface area contributed by atoms with Crippen molar-refractivity contribution in [2.45, 2.75) is 25.7 Å². The first kappa shape index (κ1) is 41.6. The van der Waals surface area contributed by atoms with Gasteiger partial charge in [0, 0.05) is 59.5 Å².